The van der Waals surface area contributed by atoms with Crippen LogP contribution in [0.3, 0.4) is 0 Å². The third-order valence-corrected chi connectivity index (χ3v) is 7.01. The van der Waals surface area contributed by atoms with E-state index in [0.717, 1.165) is 31.4 Å². The summed E-state index contributed by atoms with van der Waals surface area (Å²) in [6.07, 6.45) is -5.91. The second-order valence-electron chi connectivity index (χ2n) is 9.48. The SMILES string of the molecule is O=C(CN1CCCC(COc2ccc(C(F)(F)F)cc2)C1)C1(c2ccccc2OC(F)(F)F)CCC1. The molecule has 1 aliphatic carbocycles. The number of rotatable bonds is 8. The average Bonchev–Trinajstić information content (AvgIpc) is 2.77. The highest BCUT2D eigenvalue weighted by molar-refractivity contribution is 5.93. The van der Waals surface area contributed by atoms with Crippen LogP contribution in [0, 0.1) is 5.92 Å². The number of hydrogen-bond acceptors (Lipinski definition) is 4. The molecule has 0 amide bonds. The monoisotopic (exact) mass is 515 g/mol. The third-order valence-electron chi connectivity index (χ3n) is 7.01. The van der Waals surface area contributed by atoms with E-state index in [-0.39, 0.29) is 29.6 Å². The van der Waals surface area contributed by atoms with Crippen molar-refractivity contribution in [3.8, 4) is 11.5 Å². The number of halogens is 6. The Kier molecular flexibility index (Phi) is 7.54. The number of alkyl halides is 6. The summed E-state index contributed by atoms with van der Waals surface area (Å²) in [7, 11) is 0. The number of carbonyl (C=O) groups excluding carboxylic acids is 1. The zero-order valence-corrected chi connectivity index (χ0v) is 19.5. The minimum atomic E-state index is -4.85. The number of nitrogens with zero attached hydrogens (tertiary/aromatic N) is 1. The van der Waals surface area contributed by atoms with E-state index in [2.05, 4.69) is 4.74 Å². The van der Waals surface area contributed by atoms with Gasteiger partial charge in [0.15, 0.2) is 5.78 Å². The molecule has 1 saturated carbocycles. The summed E-state index contributed by atoms with van der Waals surface area (Å²) in [6.45, 7) is 1.64. The molecule has 2 fully saturated rings. The summed E-state index contributed by atoms with van der Waals surface area (Å²) in [5.74, 6) is -0.0475. The maximum atomic E-state index is 13.4. The summed E-state index contributed by atoms with van der Waals surface area (Å²) >= 11 is 0. The van der Waals surface area contributed by atoms with Gasteiger partial charge in [0.2, 0.25) is 0 Å². The maximum Gasteiger partial charge on any atom is 0.573 e. The Labute approximate surface area is 205 Å². The van der Waals surface area contributed by atoms with Crippen molar-refractivity contribution in [3.05, 3.63) is 59.7 Å². The number of benzene rings is 2. The van der Waals surface area contributed by atoms with Gasteiger partial charge in [-0.3, -0.25) is 9.69 Å². The Hall–Kier alpha value is -2.75. The van der Waals surface area contributed by atoms with Gasteiger partial charge in [0.05, 0.1) is 24.1 Å². The fraction of sp³-hybridized carbons (Fsp3) is 0.500. The summed E-state index contributed by atoms with van der Waals surface area (Å²) in [4.78, 5) is 15.4. The van der Waals surface area contributed by atoms with Crippen molar-refractivity contribution in [2.24, 2.45) is 5.92 Å². The van der Waals surface area contributed by atoms with Gasteiger partial charge >= 0.3 is 12.5 Å². The van der Waals surface area contributed by atoms with Crippen LogP contribution in [0.15, 0.2) is 48.5 Å². The van der Waals surface area contributed by atoms with Crippen molar-refractivity contribution in [2.75, 3.05) is 26.2 Å². The Morgan fingerprint density at radius 1 is 0.972 bits per heavy atom. The van der Waals surface area contributed by atoms with Crippen molar-refractivity contribution in [1.29, 1.82) is 0 Å². The molecule has 0 spiro atoms. The molecule has 10 heteroatoms. The normalized spacial score (nSPS) is 20.4. The molecule has 2 aromatic rings. The number of Topliss-reactive ketones (excluding diaryl/α,β-unsaturated/α-hetero) is 1. The lowest BCUT2D eigenvalue weighted by Gasteiger charge is -2.43. The van der Waals surface area contributed by atoms with Crippen LogP contribution in [0.4, 0.5) is 26.3 Å². The van der Waals surface area contributed by atoms with Gasteiger partial charge < -0.3 is 9.47 Å². The van der Waals surface area contributed by atoms with E-state index in [1.165, 1.54) is 30.3 Å². The molecule has 1 aliphatic heterocycles. The molecule has 2 aliphatic rings. The van der Waals surface area contributed by atoms with Crippen LogP contribution in [0.2, 0.25) is 0 Å². The summed E-state index contributed by atoms with van der Waals surface area (Å²) in [5.41, 5.74) is -1.46. The van der Waals surface area contributed by atoms with Gasteiger partial charge in [-0.25, -0.2) is 0 Å². The zero-order valence-electron chi connectivity index (χ0n) is 19.5. The molecule has 1 atom stereocenters. The molecule has 4 nitrogen and oxygen atoms in total. The quantitative estimate of drug-likeness (QED) is 0.382. The van der Waals surface area contributed by atoms with Crippen molar-refractivity contribution in [2.45, 2.75) is 50.1 Å². The van der Waals surface area contributed by atoms with E-state index in [1.54, 1.807) is 6.07 Å². The third kappa shape index (κ3) is 6.14. The lowest BCUT2D eigenvalue weighted by atomic mass is 9.61. The minimum absolute atomic E-state index is 0.0760. The second kappa shape index (κ2) is 10.3. The first kappa shape index (κ1) is 26.3. The van der Waals surface area contributed by atoms with Crippen LogP contribution in [-0.4, -0.2) is 43.3 Å². The molecule has 0 aromatic heterocycles. The molecule has 196 valence electrons. The van der Waals surface area contributed by atoms with Gasteiger partial charge in [-0.15, -0.1) is 13.2 Å². The Morgan fingerprint density at radius 3 is 2.28 bits per heavy atom. The summed E-state index contributed by atoms with van der Waals surface area (Å²) in [6, 6.07) is 10.4. The highest BCUT2D eigenvalue weighted by Crippen LogP contribution is 2.48. The van der Waals surface area contributed by atoms with E-state index < -0.39 is 23.5 Å². The minimum Gasteiger partial charge on any atom is -0.493 e. The fourth-order valence-electron chi connectivity index (χ4n) is 5.04. The van der Waals surface area contributed by atoms with Crippen LogP contribution in [-0.2, 0) is 16.4 Å². The van der Waals surface area contributed by atoms with Gasteiger partial charge in [-0.1, -0.05) is 24.6 Å². The first-order chi connectivity index (χ1) is 17.0. The standard InChI is InChI=1S/C26H27F6NO3/c27-25(28,29)19-8-10-20(11-9-19)35-17-18-5-3-14-33(15-18)16-23(34)24(12-4-13-24)21-6-1-2-7-22(21)36-26(30,31)32/h1-2,6-11,18H,3-5,12-17H2. The maximum absolute atomic E-state index is 13.4. The lowest BCUT2D eigenvalue weighted by molar-refractivity contribution is -0.275. The molecule has 1 unspecified atom stereocenters. The van der Waals surface area contributed by atoms with Gasteiger partial charge in [-0.05, 0) is 62.6 Å². The van der Waals surface area contributed by atoms with E-state index >= 15 is 0 Å². The first-order valence-corrected chi connectivity index (χ1v) is 11.9. The molecular formula is C26H27F6NO3. The number of hydrogen-bond donors (Lipinski definition) is 0. The molecular weight excluding hydrogens is 488 g/mol. The smallest absolute Gasteiger partial charge is 0.493 e. The fourth-order valence-corrected chi connectivity index (χ4v) is 5.04. The Morgan fingerprint density at radius 2 is 1.67 bits per heavy atom. The van der Waals surface area contributed by atoms with Gasteiger partial charge in [0, 0.05) is 18.0 Å². The molecule has 1 saturated heterocycles. The number of piperidine rings is 1. The Bertz CT molecular complexity index is 1050. The topological polar surface area (TPSA) is 38.8 Å². The molecule has 0 bridgehead atoms. The first-order valence-electron chi connectivity index (χ1n) is 11.9. The van der Waals surface area contributed by atoms with Crippen molar-refractivity contribution >= 4 is 5.78 Å². The van der Waals surface area contributed by atoms with Crippen molar-refractivity contribution in [3.63, 3.8) is 0 Å². The van der Waals surface area contributed by atoms with Crippen LogP contribution in [0.1, 0.15) is 43.2 Å². The number of ether oxygens (including phenoxy) is 2. The molecule has 1 heterocycles. The van der Waals surface area contributed by atoms with Crippen LogP contribution in [0.5, 0.6) is 11.5 Å². The predicted molar refractivity (Wildman–Crippen MR) is 120 cm³/mol. The van der Waals surface area contributed by atoms with Gasteiger partial charge in [-0.2, -0.15) is 13.2 Å². The number of para-hydroxylation sites is 1. The van der Waals surface area contributed by atoms with Gasteiger partial charge in [0.1, 0.15) is 11.5 Å². The lowest BCUT2D eigenvalue weighted by Crippen LogP contribution is -2.50. The molecule has 0 N–H and O–H groups in total. The summed E-state index contributed by atoms with van der Waals surface area (Å²) < 4.78 is 86.9. The van der Waals surface area contributed by atoms with Crippen LogP contribution in [0.25, 0.3) is 0 Å². The van der Waals surface area contributed by atoms with Crippen LogP contribution < -0.4 is 9.47 Å². The molecule has 0 radical (unpaired) electrons. The number of likely N-dealkylation sites (tertiary alicyclic amines) is 1. The summed E-state index contributed by atoms with van der Waals surface area (Å²) in [5, 5.41) is 0. The largest absolute Gasteiger partial charge is 0.573 e. The molecule has 2 aromatic carbocycles. The van der Waals surface area contributed by atoms with Crippen molar-refractivity contribution in [1.82, 2.24) is 4.90 Å². The van der Waals surface area contributed by atoms with E-state index in [9.17, 15) is 31.1 Å². The van der Waals surface area contributed by atoms with E-state index in [0.29, 0.717) is 38.3 Å². The highest BCUT2D eigenvalue weighted by Gasteiger charge is 2.48. The number of carbonyl (C=O) groups is 1. The highest BCUT2D eigenvalue weighted by atomic mass is 19.4. The van der Waals surface area contributed by atoms with Crippen molar-refractivity contribution < 1.29 is 40.6 Å². The zero-order chi connectivity index (χ0) is 26.0. The van der Waals surface area contributed by atoms with E-state index in [4.69, 9.17) is 4.74 Å². The predicted octanol–water partition coefficient (Wildman–Crippen LogP) is 6.39. The average molecular weight is 515 g/mol. The van der Waals surface area contributed by atoms with Crippen LogP contribution >= 0.6 is 0 Å². The second-order valence-corrected chi connectivity index (χ2v) is 9.48. The number of ketones is 1. The van der Waals surface area contributed by atoms with E-state index in [1.807, 2.05) is 4.90 Å². The molecule has 36 heavy (non-hydrogen) atoms. The van der Waals surface area contributed by atoms with Gasteiger partial charge in [0.25, 0.3) is 0 Å². The Balaban J connectivity index is 1.37. The molecule has 4 rings (SSSR count).